The summed E-state index contributed by atoms with van der Waals surface area (Å²) in [6.45, 7) is 3.63. The molecule has 0 aliphatic carbocycles. The number of furan rings is 1. The SMILES string of the molecule is COc1cc(CNCC(c2ccco2)N2CCCCC2)cc(Br)c1OCC(=O)N(C)C.Cl. The number of hydrogen-bond acceptors (Lipinski definition) is 6. The van der Waals surface area contributed by atoms with Crippen LogP contribution in [0.4, 0.5) is 0 Å². The summed E-state index contributed by atoms with van der Waals surface area (Å²) in [5.41, 5.74) is 1.06. The Morgan fingerprint density at radius 3 is 2.66 bits per heavy atom. The van der Waals surface area contributed by atoms with E-state index in [2.05, 4.69) is 32.2 Å². The van der Waals surface area contributed by atoms with Gasteiger partial charge in [-0.3, -0.25) is 9.69 Å². The summed E-state index contributed by atoms with van der Waals surface area (Å²) in [5, 5.41) is 3.57. The molecule has 178 valence electrons. The first-order valence-electron chi connectivity index (χ1n) is 10.7. The van der Waals surface area contributed by atoms with Crippen LogP contribution in [-0.4, -0.2) is 63.2 Å². The van der Waals surface area contributed by atoms with Gasteiger partial charge in [0.2, 0.25) is 0 Å². The smallest absolute Gasteiger partial charge is 0.259 e. The number of likely N-dealkylation sites (N-methyl/N-ethyl adjacent to an activating group) is 1. The highest BCUT2D eigenvalue weighted by Gasteiger charge is 2.24. The van der Waals surface area contributed by atoms with Gasteiger partial charge in [0.25, 0.3) is 5.91 Å². The predicted molar refractivity (Wildman–Crippen MR) is 131 cm³/mol. The second-order valence-electron chi connectivity index (χ2n) is 7.94. The van der Waals surface area contributed by atoms with Gasteiger partial charge in [0.1, 0.15) is 5.76 Å². The zero-order valence-electron chi connectivity index (χ0n) is 18.9. The van der Waals surface area contributed by atoms with E-state index in [0.717, 1.165) is 35.4 Å². The van der Waals surface area contributed by atoms with Gasteiger partial charge in [-0.2, -0.15) is 0 Å². The lowest BCUT2D eigenvalue weighted by atomic mass is 10.1. The third kappa shape index (κ3) is 7.13. The maximum atomic E-state index is 11.9. The van der Waals surface area contributed by atoms with Crippen LogP contribution < -0.4 is 14.8 Å². The fourth-order valence-corrected chi connectivity index (χ4v) is 4.36. The number of piperidine rings is 1. The highest BCUT2D eigenvalue weighted by atomic mass is 79.9. The van der Waals surface area contributed by atoms with E-state index in [1.54, 1.807) is 27.5 Å². The van der Waals surface area contributed by atoms with Gasteiger partial charge in [0, 0.05) is 27.2 Å². The number of rotatable bonds is 10. The topological polar surface area (TPSA) is 67.2 Å². The summed E-state index contributed by atoms with van der Waals surface area (Å²) >= 11 is 3.56. The lowest BCUT2D eigenvalue weighted by molar-refractivity contribution is -0.130. The summed E-state index contributed by atoms with van der Waals surface area (Å²) < 4.78 is 17.7. The van der Waals surface area contributed by atoms with Crippen molar-refractivity contribution in [1.29, 1.82) is 0 Å². The highest BCUT2D eigenvalue weighted by Crippen LogP contribution is 2.36. The van der Waals surface area contributed by atoms with E-state index < -0.39 is 0 Å². The number of amides is 1. The quantitative estimate of drug-likeness (QED) is 0.495. The molecule has 1 saturated heterocycles. The Kier molecular flexibility index (Phi) is 10.8. The summed E-state index contributed by atoms with van der Waals surface area (Å²) in [6.07, 6.45) is 5.52. The Hall–Kier alpha value is -1.74. The largest absolute Gasteiger partial charge is 0.493 e. The van der Waals surface area contributed by atoms with E-state index >= 15 is 0 Å². The van der Waals surface area contributed by atoms with Gasteiger partial charge in [-0.1, -0.05) is 6.42 Å². The van der Waals surface area contributed by atoms with E-state index in [1.165, 1.54) is 24.2 Å². The van der Waals surface area contributed by atoms with Gasteiger partial charge >= 0.3 is 0 Å². The Morgan fingerprint density at radius 2 is 2.03 bits per heavy atom. The lowest BCUT2D eigenvalue weighted by Crippen LogP contribution is -2.38. The van der Waals surface area contributed by atoms with Gasteiger partial charge < -0.3 is 24.1 Å². The van der Waals surface area contributed by atoms with Gasteiger partial charge in [-0.05, 0) is 71.7 Å². The van der Waals surface area contributed by atoms with Crippen LogP contribution in [-0.2, 0) is 11.3 Å². The van der Waals surface area contributed by atoms with Crippen LogP contribution in [0.3, 0.4) is 0 Å². The molecule has 1 aliphatic heterocycles. The molecular weight excluding hydrogens is 498 g/mol. The third-order valence-electron chi connectivity index (χ3n) is 5.50. The standard InChI is InChI=1S/C23H32BrN3O4.ClH/c1-26(2)22(28)16-31-23-18(24)12-17(13-21(23)29-3)14-25-15-19(20-8-7-11-30-20)27-9-5-4-6-10-27;/h7-8,11-13,19,25H,4-6,9-10,14-16H2,1-3H3;1H. The molecule has 1 amide bonds. The van der Waals surface area contributed by atoms with Gasteiger partial charge in [-0.15, -0.1) is 12.4 Å². The second-order valence-corrected chi connectivity index (χ2v) is 8.80. The van der Waals surface area contributed by atoms with Crippen LogP contribution in [0.1, 0.15) is 36.6 Å². The van der Waals surface area contributed by atoms with Crippen molar-refractivity contribution in [2.75, 3.05) is 47.4 Å². The minimum atomic E-state index is -0.110. The maximum Gasteiger partial charge on any atom is 0.259 e. The molecule has 0 bridgehead atoms. The Bertz CT molecular complexity index is 842. The Morgan fingerprint density at radius 1 is 1.28 bits per heavy atom. The van der Waals surface area contributed by atoms with E-state index in [9.17, 15) is 4.79 Å². The third-order valence-corrected chi connectivity index (χ3v) is 6.09. The number of carbonyl (C=O) groups is 1. The van der Waals surface area contributed by atoms with Gasteiger partial charge in [0.05, 0.1) is 23.9 Å². The average molecular weight is 531 g/mol. The number of nitrogens with one attached hydrogen (secondary N) is 1. The number of methoxy groups -OCH3 is 1. The Labute approximate surface area is 205 Å². The second kappa shape index (κ2) is 13.1. The van der Waals surface area contributed by atoms with Crippen LogP contribution in [0.15, 0.2) is 39.4 Å². The molecule has 0 saturated carbocycles. The van der Waals surface area contributed by atoms with Crippen LogP contribution >= 0.6 is 28.3 Å². The molecule has 3 rings (SSSR count). The minimum Gasteiger partial charge on any atom is -0.493 e. The molecule has 1 aromatic carbocycles. The van der Waals surface area contributed by atoms with E-state index in [0.29, 0.717) is 18.0 Å². The molecule has 2 aromatic rings. The van der Waals surface area contributed by atoms with Crippen molar-refractivity contribution in [3.05, 3.63) is 46.3 Å². The molecule has 1 aromatic heterocycles. The predicted octanol–water partition coefficient (Wildman–Crippen LogP) is 4.26. The van der Waals surface area contributed by atoms with Crippen molar-refractivity contribution in [2.45, 2.75) is 31.8 Å². The summed E-state index contributed by atoms with van der Waals surface area (Å²) in [4.78, 5) is 15.9. The molecule has 2 heterocycles. The number of ether oxygens (including phenoxy) is 2. The Balaban J connectivity index is 0.00000363. The molecule has 32 heavy (non-hydrogen) atoms. The first-order valence-corrected chi connectivity index (χ1v) is 11.5. The first kappa shape index (κ1) is 26.5. The summed E-state index contributed by atoms with van der Waals surface area (Å²) in [6, 6.07) is 8.17. The fraction of sp³-hybridized carbons (Fsp3) is 0.522. The van der Waals surface area contributed by atoms with E-state index in [-0.39, 0.29) is 31.0 Å². The van der Waals surface area contributed by atoms with E-state index in [1.807, 2.05) is 18.2 Å². The average Bonchev–Trinajstić information content (AvgIpc) is 3.30. The van der Waals surface area contributed by atoms with Crippen molar-refractivity contribution >= 4 is 34.2 Å². The molecule has 7 nitrogen and oxygen atoms in total. The molecule has 0 spiro atoms. The van der Waals surface area contributed by atoms with E-state index in [4.69, 9.17) is 13.9 Å². The molecule has 0 radical (unpaired) electrons. The zero-order valence-corrected chi connectivity index (χ0v) is 21.3. The summed E-state index contributed by atoms with van der Waals surface area (Å²) in [7, 11) is 5.00. The number of likely N-dealkylation sites (tertiary alicyclic amines) is 1. The number of nitrogens with zero attached hydrogens (tertiary/aromatic N) is 2. The zero-order chi connectivity index (χ0) is 22.2. The van der Waals surface area contributed by atoms with Crippen molar-refractivity contribution in [3.8, 4) is 11.5 Å². The molecule has 9 heteroatoms. The normalized spacial score (nSPS) is 15.0. The number of halogens is 2. The van der Waals surface area contributed by atoms with Crippen molar-refractivity contribution in [1.82, 2.24) is 15.1 Å². The van der Waals surface area contributed by atoms with Crippen LogP contribution in [0.5, 0.6) is 11.5 Å². The monoisotopic (exact) mass is 529 g/mol. The minimum absolute atomic E-state index is 0. The molecule has 1 fully saturated rings. The van der Waals surface area contributed by atoms with Crippen molar-refractivity contribution in [2.24, 2.45) is 0 Å². The molecule has 1 aliphatic rings. The lowest BCUT2D eigenvalue weighted by Gasteiger charge is -2.33. The highest BCUT2D eigenvalue weighted by molar-refractivity contribution is 9.10. The van der Waals surface area contributed by atoms with Crippen LogP contribution in [0, 0.1) is 0 Å². The van der Waals surface area contributed by atoms with Crippen molar-refractivity contribution in [3.63, 3.8) is 0 Å². The van der Waals surface area contributed by atoms with Crippen LogP contribution in [0.2, 0.25) is 0 Å². The van der Waals surface area contributed by atoms with Gasteiger partial charge in [-0.25, -0.2) is 0 Å². The number of benzene rings is 1. The first-order chi connectivity index (χ1) is 15.0. The molecule has 1 atom stereocenters. The number of carbonyl (C=O) groups excluding carboxylic acids is 1. The molecule has 1 N–H and O–H groups in total. The van der Waals surface area contributed by atoms with Crippen LogP contribution in [0.25, 0.3) is 0 Å². The maximum absolute atomic E-state index is 11.9. The molecule has 1 unspecified atom stereocenters. The fourth-order valence-electron chi connectivity index (χ4n) is 3.75. The summed E-state index contributed by atoms with van der Waals surface area (Å²) in [5.74, 6) is 2.02. The van der Waals surface area contributed by atoms with Gasteiger partial charge in [0.15, 0.2) is 18.1 Å². The molecular formula is C23H33BrClN3O4. The van der Waals surface area contributed by atoms with Crippen molar-refractivity contribution < 1.29 is 18.7 Å². The number of hydrogen-bond donors (Lipinski definition) is 1.